The normalized spacial score (nSPS) is 22.7. The molecule has 2 aliphatic carbocycles. The molecule has 0 saturated heterocycles. The fourth-order valence-electron chi connectivity index (χ4n) is 3.28. The summed E-state index contributed by atoms with van der Waals surface area (Å²) in [6.07, 6.45) is 5.48. The average molecular weight is 294 g/mol. The van der Waals surface area contributed by atoms with Gasteiger partial charge in [0.25, 0.3) is 0 Å². The zero-order valence-electron chi connectivity index (χ0n) is 12.5. The number of rotatable bonds is 5. The molecule has 0 heterocycles. The standard InChI is InChI=1S/C17H20O3.Na/c18-15-3-1-2-14(15)10-11-4-6-12(7-5-11)16(17(19)20)13-8-9-13;/h4-7,13-14,16H,1-3,8-10H2,(H,19,20);/q;+1/p-1. The number of hydrogen-bond acceptors (Lipinski definition) is 3. The summed E-state index contributed by atoms with van der Waals surface area (Å²) in [5, 5.41) is 11.2. The third-order valence-electron chi connectivity index (χ3n) is 4.60. The van der Waals surface area contributed by atoms with Gasteiger partial charge in [0.15, 0.2) is 0 Å². The predicted molar refractivity (Wildman–Crippen MR) is 73.0 cm³/mol. The Hall–Kier alpha value is -0.640. The maximum absolute atomic E-state index is 11.7. The van der Waals surface area contributed by atoms with Crippen molar-refractivity contribution < 1.29 is 44.3 Å². The van der Waals surface area contributed by atoms with Crippen LogP contribution >= 0.6 is 0 Å². The van der Waals surface area contributed by atoms with Crippen LogP contribution in [0, 0.1) is 11.8 Å². The minimum absolute atomic E-state index is 0. The van der Waals surface area contributed by atoms with E-state index < -0.39 is 11.9 Å². The Morgan fingerprint density at radius 1 is 1.19 bits per heavy atom. The second kappa shape index (κ2) is 7.08. The first-order chi connectivity index (χ1) is 9.65. The molecule has 106 valence electrons. The molecule has 2 unspecified atom stereocenters. The van der Waals surface area contributed by atoms with Gasteiger partial charge in [-0.3, -0.25) is 4.79 Å². The summed E-state index contributed by atoms with van der Waals surface area (Å²) in [5.74, 6) is -0.633. The van der Waals surface area contributed by atoms with E-state index in [0.29, 0.717) is 5.78 Å². The Morgan fingerprint density at radius 3 is 2.33 bits per heavy atom. The van der Waals surface area contributed by atoms with Gasteiger partial charge in [-0.1, -0.05) is 24.3 Å². The largest absolute Gasteiger partial charge is 1.00 e. The molecule has 0 amide bonds. The monoisotopic (exact) mass is 294 g/mol. The van der Waals surface area contributed by atoms with Crippen LogP contribution in [0.4, 0.5) is 0 Å². The minimum Gasteiger partial charge on any atom is -0.549 e. The van der Waals surface area contributed by atoms with Gasteiger partial charge in [0, 0.05) is 24.2 Å². The zero-order valence-corrected chi connectivity index (χ0v) is 14.5. The molecule has 0 bridgehead atoms. The summed E-state index contributed by atoms with van der Waals surface area (Å²) in [6, 6.07) is 7.74. The van der Waals surface area contributed by atoms with E-state index in [4.69, 9.17) is 0 Å². The van der Waals surface area contributed by atoms with E-state index in [1.54, 1.807) is 0 Å². The van der Waals surface area contributed by atoms with Gasteiger partial charge in [-0.05, 0) is 49.1 Å². The first-order valence-corrected chi connectivity index (χ1v) is 7.47. The Balaban J connectivity index is 0.00000161. The summed E-state index contributed by atoms with van der Waals surface area (Å²) < 4.78 is 0. The zero-order chi connectivity index (χ0) is 14.1. The van der Waals surface area contributed by atoms with E-state index in [1.165, 1.54) is 0 Å². The number of carbonyl (C=O) groups excluding carboxylic acids is 2. The van der Waals surface area contributed by atoms with Gasteiger partial charge in [0.2, 0.25) is 0 Å². The number of aliphatic carboxylic acids is 1. The Morgan fingerprint density at radius 2 is 1.86 bits per heavy atom. The van der Waals surface area contributed by atoms with E-state index in [2.05, 4.69) is 0 Å². The summed E-state index contributed by atoms with van der Waals surface area (Å²) in [4.78, 5) is 22.9. The smallest absolute Gasteiger partial charge is 0.549 e. The van der Waals surface area contributed by atoms with Crippen molar-refractivity contribution >= 4 is 11.8 Å². The second-order valence-electron chi connectivity index (χ2n) is 6.14. The number of carboxylic acid groups (broad SMARTS) is 1. The molecule has 21 heavy (non-hydrogen) atoms. The van der Waals surface area contributed by atoms with Gasteiger partial charge in [0.05, 0.1) is 0 Å². The SMILES string of the molecule is O=C1CCCC1Cc1ccc(C(C(=O)[O-])C2CC2)cc1.[Na+]. The topological polar surface area (TPSA) is 57.2 Å². The van der Waals surface area contributed by atoms with Crippen molar-refractivity contribution in [1.29, 1.82) is 0 Å². The van der Waals surface area contributed by atoms with Crippen LogP contribution in [-0.2, 0) is 16.0 Å². The van der Waals surface area contributed by atoms with Gasteiger partial charge in [-0.25, -0.2) is 0 Å². The van der Waals surface area contributed by atoms with Crippen molar-refractivity contribution in [2.45, 2.75) is 44.4 Å². The third kappa shape index (κ3) is 3.97. The van der Waals surface area contributed by atoms with Crippen molar-refractivity contribution in [2.24, 2.45) is 11.8 Å². The van der Waals surface area contributed by atoms with Crippen LogP contribution in [0.1, 0.15) is 49.1 Å². The molecule has 1 aromatic carbocycles. The maximum atomic E-state index is 11.7. The van der Waals surface area contributed by atoms with Crippen LogP contribution in [0.3, 0.4) is 0 Å². The molecule has 2 saturated carbocycles. The molecular weight excluding hydrogens is 275 g/mol. The summed E-state index contributed by atoms with van der Waals surface area (Å²) in [5.41, 5.74) is 1.97. The van der Waals surface area contributed by atoms with E-state index in [-0.39, 0.29) is 41.4 Å². The van der Waals surface area contributed by atoms with Crippen LogP contribution in [0.2, 0.25) is 0 Å². The van der Waals surface area contributed by atoms with Crippen LogP contribution in [-0.4, -0.2) is 11.8 Å². The van der Waals surface area contributed by atoms with E-state index in [1.807, 2.05) is 24.3 Å². The quantitative estimate of drug-likeness (QED) is 0.644. The fraction of sp³-hybridized carbons (Fsp3) is 0.529. The molecule has 0 aromatic heterocycles. The van der Waals surface area contributed by atoms with Crippen LogP contribution in [0.15, 0.2) is 24.3 Å². The molecule has 0 aliphatic heterocycles. The number of benzene rings is 1. The molecule has 1 aromatic rings. The van der Waals surface area contributed by atoms with Crippen molar-refractivity contribution in [3.05, 3.63) is 35.4 Å². The molecule has 4 heteroatoms. The molecule has 3 nitrogen and oxygen atoms in total. The second-order valence-corrected chi connectivity index (χ2v) is 6.14. The van der Waals surface area contributed by atoms with Gasteiger partial charge >= 0.3 is 29.6 Å². The van der Waals surface area contributed by atoms with Crippen molar-refractivity contribution in [3.63, 3.8) is 0 Å². The van der Waals surface area contributed by atoms with E-state index >= 15 is 0 Å². The Bertz CT molecular complexity index is 519. The molecule has 0 radical (unpaired) electrons. The molecule has 0 spiro atoms. The van der Waals surface area contributed by atoms with E-state index in [9.17, 15) is 14.7 Å². The number of carbonyl (C=O) groups is 2. The minimum atomic E-state index is -0.966. The summed E-state index contributed by atoms with van der Waals surface area (Å²) in [7, 11) is 0. The number of carboxylic acids is 1. The molecule has 2 aliphatic rings. The fourth-order valence-corrected chi connectivity index (χ4v) is 3.28. The number of ketones is 1. The molecule has 0 N–H and O–H groups in total. The van der Waals surface area contributed by atoms with Crippen LogP contribution in [0.5, 0.6) is 0 Å². The van der Waals surface area contributed by atoms with Crippen molar-refractivity contribution in [3.8, 4) is 0 Å². The molecular formula is C17H19NaO3. The van der Waals surface area contributed by atoms with Crippen molar-refractivity contribution in [1.82, 2.24) is 0 Å². The van der Waals surface area contributed by atoms with Gasteiger partial charge in [-0.2, -0.15) is 0 Å². The van der Waals surface area contributed by atoms with E-state index in [0.717, 1.165) is 49.7 Å². The van der Waals surface area contributed by atoms with Gasteiger partial charge in [0.1, 0.15) is 5.78 Å². The van der Waals surface area contributed by atoms with Crippen molar-refractivity contribution in [2.75, 3.05) is 0 Å². The van der Waals surface area contributed by atoms with Gasteiger partial charge in [-0.15, -0.1) is 0 Å². The molecule has 2 atom stereocenters. The summed E-state index contributed by atoms with van der Waals surface area (Å²) in [6.45, 7) is 0. The average Bonchev–Trinajstić information content (AvgIpc) is 3.16. The van der Waals surface area contributed by atoms with Crippen LogP contribution < -0.4 is 34.7 Å². The molecule has 3 rings (SSSR count). The van der Waals surface area contributed by atoms with Gasteiger partial charge < -0.3 is 9.90 Å². The summed E-state index contributed by atoms with van der Waals surface area (Å²) >= 11 is 0. The molecule has 2 fully saturated rings. The third-order valence-corrected chi connectivity index (χ3v) is 4.60. The first-order valence-electron chi connectivity index (χ1n) is 7.47. The first kappa shape index (κ1) is 16.7. The number of Topliss-reactive ketones (excluding diaryl/α,β-unsaturated/α-hetero) is 1. The predicted octanol–water partition coefficient (Wildman–Crippen LogP) is -1.15. The Kier molecular flexibility index (Phi) is 5.64. The maximum Gasteiger partial charge on any atom is 1.00 e. The Labute approximate surface area is 147 Å². The number of hydrogen-bond donors (Lipinski definition) is 0. The van der Waals surface area contributed by atoms with Crippen LogP contribution in [0.25, 0.3) is 0 Å².